The van der Waals surface area contributed by atoms with Crippen molar-refractivity contribution in [3.8, 4) is 11.6 Å². The SMILES string of the molecule is Cc1nc(Oc2cccnc2F)c2c(C)csc2n1. The third-order valence-electron chi connectivity index (χ3n) is 2.63. The molecule has 96 valence electrons. The van der Waals surface area contributed by atoms with Gasteiger partial charge in [-0.3, -0.25) is 0 Å². The maximum atomic E-state index is 13.5. The van der Waals surface area contributed by atoms with Gasteiger partial charge in [0.25, 0.3) is 5.95 Å². The summed E-state index contributed by atoms with van der Waals surface area (Å²) in [6, 6.07) is 3.14. The number of hydrogen-bond donors (Lipinski definition) is 0. The molecule has 3 aromatic rings. The Labute approximate surface area is 112 Å². The van der Waals surface area contributed by atoms with Crippen LogP contribution in [0, 0.1) is 19.8 Å². The van der Waals surface area contributed by atoms with E-state index in [0.29, 0.717) is 11.7 Å². The third kappa shape index (κ3) is 2.15. The van der Waals surface area contributed by atoms with Crippen molar-refractivity contribution >= 4 is 21.6 Å². The van der Waals surface area contributed by atoms with Crippen LogP contribution in [0.15, 0.2) is 23.7 Å². The van der Waals surface area contributed by atoms with Crippen molar-refractivity contribution < 1.29 is 9.13 Å². The lowest BCUT2D eigenvalue weighted by molar-refractivity contribution is 0.418. The minimum Gasteiger partial charge on any atom is -0.433 e. The van der Waals surface area contributed by atoms with Gasteiger partial charge in [-0.25, -0.2) is 9.97 Å². The quantitative estimate of drug-likeness (QED) is 0.670. The fraction of sp³-hybridized carbons (Fsp3) is 0.154. The van der Waals surface area contributed by atoms with Gasteiger partial charge in [0.2, 0.25) is 5.88 Å². The van der Waals surface area contributed by atoms with Crippen molar-refractivity contribution in [2.24, 2.45) is 0 Å². The van der Waals surface area contributed by atoms with Gasteiger partial charge in [0.05, 0.1) is 5.39 Å². The number of rotatable bonds is 2. The van der Waals surface area contributed by atoms with Crippen LogP contribution in [0.5, 0.6) is 11.6 Å². The van der Waals surface area contributed by atoms with Gasteiger partial charge in [0.15, 0.2) is 5.75 Å². The first-order valence-corrected chi connectivity index (χ1v) is 6.54. The molecular formula is C13H10FN3OS. The zero-order chi connectivity index (χ0) is 13.4. The number of ether oxygens (including phenoxy) is 1. The molecule has 4 nitrogen and oxygen atoms in total. The van der Waals surface area contributed by atoms with Crippen LogP contribution in [0.1, 0.15) is 11.4 Å². The first-order valence-electron chi connectivity index (χ1n) is 5.66. The van der Waals surface area contributed by atoms with Crippen LogP contribution in [0.3, 0.4) is 0 Å². The summed E-state index contributed by atoms with van der Waals surface area (Å²) in [5.41, 5.74) is 1.01. The van der Waals surface area contributed by atoms with Crippen molar-refractivity contribution in [1.82, 2.24) is 15.0 Å². The number of pyridine rings is 1. The van der Waals surface area contributed by atoms with Crippen LogP contribution >= 0.6 is 11.3 Å². The Balaban J connectivity index is 2.15. The van der Waals surface area contributed by atoms with Crippen LogP contribution in [-0.2, 0) is 0 Å². The molecule has 0 saturated heterocycles. The average molecular weight is 275 g/mol. The summed E-state index contributed by atoms with van der Waals surface area (Å²) in [5, 5.41) is 2.80. The minimum atomic E-state index is -0.653. The molecule has 0 spiro atoms. The summed E-state index contributed by atoms with van der Waals surface area (Å²) in [4.78, 5) is 13.0. The monoisotopic (exact) mass is 275 g/mol. The first kappa shape index (κ1) is 12.0. The fourth-order valence-corrected chi connectivity index (χ4v) is 2.73. The van der Waals surface area contributed by atoms with E-state index < -0.39 is 5.95 Å². The van der Waals surface area contributed by atoms with E-state index >= 15 is 0 Å². The number of fused-ring (bicyclic) bond motifs is 1. The largest absolute Gasteiger partial charge is 0.433 e. The molecule has 0 bridgehead atoms. The lowest BCUT2D eigenvalue weighted by Gasteiger charge is -2.07. The molecule has 3 aromatic heterocycles. The number of aryl methyl sites for hydroxylation is 2. The molecule has 0 aliphatic heterocycles. The lowest BCUT2D eigenvalue weighted by Crippen LogP contribution is -1.96. The van der Waals surface area contributed by atoms with E-state index in [1.54, 1.807) is 13.0 Å². The summed E-state index contributed by atoms with van der Waals surface area (Å²) in [5.74, 6) is 0.370. The van der Waals surface area contributed by atoms with Gasteiger partial charge in [0, 0.05) is 6.20 Å². The summed E-state index contributed by atoms with van der Waals surface area (Å²) in [6.45, 7) is 3.73. The normalized spacial score (nSPS) is 10.9. The number of hydrogen-bond acceptors (Lipinski definition) is 5. The fourth-order valence-electron chi connectivity index (χ4n) is 1.77. The highest BCUT2D eigenvalue weighted by Gasteiger charge is 2.14. The van der Waals surface area contributed by atoms with Crippen LogP contribution in [0.2, 0.25) is 0 Å². The van der Waals surface area contributed by atoms with Crippen molar-refractivity contribution in [2.45, 2.75) is 13.8 Å². The number of aromatic nitrogens is 3. The van der Waals surface area contributed by atoms with E-state index in [9.17, 15) is 4.39 Å². The summed E-state index contributed by atoms with van der Waals surface area (Å²) < 4.78 is 19.1. The highest BCUT2D eigenvalue weighted by Crippen LogP contribution is 2.33. The Morgan fingerprint density at radius 2 is 2.11 bits per heavy atom. The molecule has 0 radical (unpaired) electrons. The molecule has 0 aliphatic carbocycles. The predicted octanol–water partition coefficient (Wildman–Crippen LogP) is 3.63. The van der Waals surface area contributed by atoms with Gasteiger partial charge in [-0.05, 0) is 36.9 Å². The zero-order valence-electron chi connectivity index (χ0n) is 10.3. The molecule has 0 aliphatic rings. The Morgan fingerprint density at radius 3 is 2.89 bits per heavy atom. The second-order valence-electron chi connectivity index (χ2n) is 4.07. The van der Waals surface area contributed by atoms with Crippen LogP contribution in [0.25, 0.3) is 10.2 Å². The number of thiophene rings is 1. The molecule has 0 saturated carbocycles. The van der Waals surface area contributed by atoms with E-state index in [4.69, 9.17) is 4.74 Å². The van der Waals surface area contributed by atoms with Crippen LogP contribution in [0.4, 0.5) is 4.39 Å². The Morgan fingerprint density at radius 1 is 1.26 bits per heavy atom. The first-order chi connectivity index (χ1) is 9.15. The topological polar surface area (TPSA) is 47.9 Å². The molecule has 0 N–H and O–H groups in total. The summed E-state index contributed by atoms with van der Waals surface area (Å²) >= 11 is 1.52. The lowest BCUT2D eigenvalue weighted by atomic mass is 10.2. The van der Waals surface area contributed by atoms with Crippen molar-refractivity contribution in [2.75, 3.05) is 0 Å². The second-order valence-corrected chi connectivity index (χ2v) is 4.93. The van der Waals surface area contributed by atoms with E-state index in [1.165, 1.54) is 23.6 Å². The van der Waals surface area contributed by atoms with Crippen molar-refractivity contribution in [3.63, 3.8) is 0 Å². The van der Waals surface area contributed by atoms with Crippen molar-refractivity contribution in [1.29, 1.82) is 0 Å². The van der Waals surface area contributed by atoms with Crippen LogP contribution in [-0.4, -0.2) is 15.0 Å². The predicted molar refractivity (Wildman–Crippen MR) is 71.2 cm³/mol. The maximum absolute atomic E-state index is 13.5. The molecule has 19 heavy (non-hydrogen) atoms. The zero-order valence-corrected chi connectivity index (χ0v) is 11.2. The standard InChI is InChI=1S/C13H10FN3OS/c1-7-6-19-13-10(7)12(16-8(2)17-13)18-9-4-3-5-15-11(9)14/h3-6H,1-2H3. The van der Waals surface area contributed by atoms with Gasteiger partial charge in [-0.15, -0.1) is 11.3 Å². The molecule has 0 fully saturated rings. The van der Waals surface area contributed by atoms with Gasteiger partial charge in [-0.1, -0.05) is 0 Å². The van der Waals surface area contributed by atoms with Crippen LogP contribution < -0.4 is 4.74 Å². The molecule has 0 unspecified atom stereocenters. The number of halogens is 1. The Bertz CT molecular complexity index is 757. The molecule has 3 heterocycles. The van der Waals surface area contributed by atoms with Crippen molar-refractivity contribution in [3.05, 3.63) is 41.0 Å². The van der Waals surface area contributed by atoms with E-state index in [-0.39, 0.29) is 5.75 Å². The van der Waals surface area contributed by atoms with E-state index in [1.807, 2.05) is 12.3 Å². The highest BCUT2D eigenvalue weighted by atomic mass is 32.1. The van der Waals surface area contributed by atoms with Gasteiger partial charge < -0.3 is 4.74 Å². The minimum absolute atomic E-state index is 0.0625. The Kier molecular flexibility index (Phi) is 2.87. The summed E-state index contributed by atoms with van der Waals surface area (Å²) in [6.07, 6.45) is 1.37. The molecule has 3 rings (SSSR count). The maximum Gasteiger partial charge on any atom is 0.255 e. The van der Waals surface area contributed by atoms with Gasteiger partial charge in [-0.2, -0.15) is 9.37 Å². The van der Waals surface area contributed by atoms with Gasteiger partial charge >= 0.3 is 0 Å². The molecule has 6 heteroatoms. The van der Waals surface area contributed by atoms with E-state index in [0.717, 1.165) is 15.8 Å². The highest BCUT2D eigenvalue weighted by molar-refractivity contribution is 7.17. The molecule has 0 amide bonds. The average Bonchev–Trinajstić information content (AvgIpc) is 2.74. The molecular weight excluding hydrogens is 265 g/mol. The number of nitrogens with zero attached hydrogens (tertiary/aromatic N) is 3. The smallest absolute Gasteiger partial charge is 0.255 e. The second kappa shape index (κ2) is 4.55. The molecule has 0 aromatic carbocycles. The third-order valence-corrected chi connectivity index (χ3v) is 3.62. The molecule has 0 atom stereocenters. The Hall–Kier alpha value is -2.08. The van der Waals surface area contributed by atoms with Gasteiger partial charge in [0.1, 0.15) is 10.7 Å². The van der Waals surface area contributed by atoms with E-state index in [2.05, 4.69) is 15.0 Å². The summed E-state index contributed by atoms with van der Waals surface area (Å²) in [7, 11) is 0.